The summed E-state index contributed by atoms with van der Waals surface area (Å²) < 4.78 is 7.68. The fourth-order valence-corrected chi connectivity index (χ4v) is 4.23. The number of nitrogens with zero attached hydrogens (tertiary/aromatic N) is 4. The van der Waals surface area contributed by atoms with Gasteiger partial charge in [-0.2, -0.15) is 5.10 Å². The van der Waals surface area contributed by atoms with E-state index in [1.807, 2.05) is 54.6 Å². The predicted molar refractivity (Wildman–Crippen MR) is 126 cm³/mol. The van der Waals surface area contributed by atoms with Gasteiger partial charge in [0.1, 0.15) is 29.3 Å². The molecule has 1 saturated heterocycles. The number of hydrogen-bond donors (Lipinski definition) is 2. The minimum atomic E-state index is -0.421. The van der Waals surface area contributed by atoms with Crippen molar-refractivity contribution in [2.24, 2.45) is 0 Å². The maximum atomic E-state index is 12.6. The highest BCUT2D eigenvalue weighted by Gasteiger charge is 2.36. The van der Waals surface area contributed by atoms with Gasteiger partial charge < -0.3 is 15.8 Å². The number of nitrogens with two attached hydrogens (primary N) is 1. The fourth-order valence-electron chi connectivity index (χ4n) is 4.23. The minimum absolute atomic E-state index is 0.0327. The van der Waals surface area contributed by atoms with Crippen LogP contribution in [0.15, 0.2) is 60.9 Å². The zero-order valence-electron chi connectivity index (χ0n) is 17.8. The number of ether oxygens (including phenoxy) is 1. The quantitative estimate of drug-likeness (QED) is 0.444. The summed E-state index contributed by atoms with van der Waals surface area (Å²) in [6.45, 7) is 0.689. The third kappa shape index (κ3) is 3.90. The van der Waals surface area contributed by atoms with Crippen molar-refractivity contribution in [3.63, 3.8) is 0 Å². The van der Waals surface area contributed by atoms with Crippen molar-refractivity contribution in [1.82, 2.24) is 25.1 Å². The van der Waals surface area contributed by atoms with E-state index < -0.39 is 6.04 Å². The predicted octanol–water partition coefficient (Wildman–Crippen LogP) is 3.36. The Morgan fingerprint density at radius 2 is 1.91 bits per heavy atom. The SMILES string of the molecule is C#CCC(=O)C1NCCC1n1nc(-c2ccc(Oc3ccccc3)cc2)c2c(N)ncnc21. The van der Waals surface area contributed by atoms with E-state index in [0.29, 0.717) is 34.8 Å². The highest BCUT2D eigenvalue weighted by atomic mass is 16.5. The molecule has 2 unspecified atom stereocenters. The molecule has 4 aromatic rings. The van der Waals surface area contributed by atoms with Gasteiger partial charge in [0.25, 0.3) is 0 Å². The van der Waals surface area contributed by atoms with E-state index in [1.54, 1.807) is 4.68 Å². The molecular weight excluding hydrogens is 416 g/mol. The molecule has 3 N–H and O–H groups in total. The van der Waals surface area contributed by atoms with Crippen molar-refractivity contribution in [3.05, 3.63) is 60.9 Å². The van der Waals surface area contributed by atoms with Crippen LogP contribution in [0.5, 0.6) is 11.5 Å². The molecular formula is C25H22N6O2. The Morgan fingerprint density at radius 3 is 2.67 bits per heavy atom. The lowest BCUT2D eigenvalue weighted by Crippen LogP contribution is -2.37. The molecule has 1 aliphatic rings. The summed E-state index contributed by atoms with van der Waals surface area (Å²) >= 11 is 0. The van der Waals surface area contributed by atoms with Gasteiger partial charge in [-0.3, -0.25) is 4.79 Å². The molecule has 0 bridgehead atoms. The van der Waals surface area contributed by atoms with Crippen LogP contribution in [0, 0.1) is 12.3 Å². The third-order valence-corrected chi connectivity index (χ3v) is 5.75. The summed E-state index contributed by atoms with van der Waals surface area (Å²) in [5.74, 6) is 4.21. The van der Waals surface area contributed by atoms with E-state index in [2.05, 4.69) is 21.2 Å². The topological polar surface area (TPSA) is 108 Å². The first-order chi connectivity index (χ1) is 16.2. The van der Waals surface area contributed by atoms with Gasteiger partial charge in [0.15, 0.2) is 11.4 Å². The number of para-hydroxylation sites is 1. The summed E-state index contributed by atoms with van der Waals surface area (Å²) in [4.78, 5) is 21.2. The first-order valence-electron chi connectivity index (χ1n) is 10.7. The fraction of sp³-hybridized carbons (Fsp3) is 0.200. The molecule has 5 rings (SSSR count). The Labute approximate surface area is 190 Å². The number of rotatable bonds is 6. The number of carbonyl (C=O) groups excluding carboxylic acids is 1. The largest absolute Gasteiger partial charge is 0.457 e. The maximum Gasteiger partial charge on any atom is 0.164 e. The van der Waals surface area contributed by atoms with Crippen LogP contribution in [-0.4, -0.2) is 38.1 Å². The van der Waals surface area contributed by atoms with Crippen LogP contribution in [0.25, 0.3) is 22.3 Å². The van der Waals surface area contributed by atoms with E-state index in [-0.39, 0.29) is 18.2 Å². The number of carbonyl (C=O) groups is 1. The second kappa shape index (κ2) is 8.73. The van der Waals surface area contributed by atoms with Gasteiger partial charge in [-0.25, -0.2) is 14.6 Å². The van der Waals surface area contributed by atoms with Crippen molar-refractivity contribution in [3.8, 4) is 35.1 Å². The van der Waals surface area contributed by atoms with Gasteiger partial charge in [-0.15, -0.1) is 6.42 Å². The molecule has 0 spiro atoms. The Balaban J connectivity index is 1.53. The average molecular weight is 438 g/mol. The lowest BCUT2D eigenvalue weighted by atomic mass is 10.0. The van der Waals surface area contributed by atoms with Crippen molar-refractivity contribution in [2.45, 2.75) is 24.9 Å². The van der Waals surface area contributed by atoms with Crippen LogP contribution in [0.2, 0.25) is 0 Å². The van der Waals surface area contributed by atoms with Crippen LogP contribution < -0.4 is 15.8 Å². The molecule has 2 aromatic carbocycles. The first kappa shape index (κ1) is 20.7. The van der Waals surface area contributed by atoms with E-state index in [0.717, 1.165) is 17.7 Å². The maximum absolute atomic E-state index is 12.6. The van der Waals surface area contributed by atoms with Gasteiger partial charge in [0.05, 0.1) is 23.9 Å². The van der Waals surface area contributed by atoms with Crippen LogP contribution >= 0.6 is 0 Å². The van der Waals surface area contributed by atoms with Gasteiger partial charge in [0.2, 0.25) is 0 Å². The Hall–Kier alpha value is -4.22. The smallest absolute Gasteiger partial charge is 0.164 e. The van der Waals surface area contributed by atoms with Gasteiger partial charge in [-0.1, -0.05) is 24.1 Å². The van der Waals surface area contributed by atoms with E-state index in [9.17, 15) is 4.79 Å². The summed E-state index contributed by atoms with van der Waals surface area (Å²) in [6, 6.07) is 16.5. The highest BCUT2D eigenvalue weighted by molar-refractivity contribution is 5.98. The molecule has 2 aromatic heterocycles. The molecule has 1 fully saturated rings. The number of benzene rings is 2. The number of hydrogen-bond acceptors (Lipinski definition) is 7. The minimum Gasteiger partial charge on any atom is -0.457 e. The normalized spacial score (nSPS) is 17.7. The van der Waals surface area contributed by atoms with Crippen LogP contribution in [0.4, 0.5) is 5.82 Å². The molecule has 2 atom stereocenters. The number of terminal acetylenes is 1. The van der Waals surface area contributed by atoms with Crippen molar-refractivity contribution in [1.29, 1.82) is 0 Å². The lowest BCUT2D eigenvalue weighted by Gasteiger charge is -2.18. The van der Waals surface area contributed by atoms with Crippen molar-refractivity contribution >= 4 is 22.6 Å². The van der Waals surface area contributed by atoms with Crippen molar-refractivity contribution in [2.75, 3.05) is 12.3 Å². The molecule has 8 heteroatoms. The summed E-state index contributed by atoms with van der Waals surface area (Å²) in [5.41, 5.74) is 8.34. The number of anilines is 1. The number of Topliss-reactive ketones (excluding diaryl/α,β-unsaturated/α-hetero) is 1. The number of nitrogen functional groups attached to an aromatic ring is 1. The molecule has 0 aliphatic carbocycles. The second-order valence-corrected chi connectivity index (χ2v) is 7.83. The Bertz CT molecular complexity index is 1340. The highest BCUT2D eigenvalue weighted by Crippen LogP contribution is 2.35. The van der Waals surface area contributed by atoms with E-state index >= 15 is 0 Å². The Morgan fingerprint density at radius 1 is 1.15 bits per heavy atom. The Kier molecular flexibility index (Phi) is 5.47. The van der Waals surface area contributed by atoms with Crippen LogP contribution in [0.3, 0.4) is 0 Å². The van der Waals surface area contributed by atoms with Gasteiger partial charge in [0, 0.05) is 5.56 Å². The molecule has 33 heavy (non-hydrogen) atoms. The molecule has 164 valence electrons. The number of fused-ring (bicyclic) bond motifs is 1. The molecule has 0 radical (unpaired) electrons. The van der Waals surface area contributed by atoms with Gasteiger partial charge in [-0.05, 0) is 49.4 Å². The van der Waals surface area contributed by atoms with Crippen molar-refractivity contribution < 1.29 is 9.53 Å². The van der Waals surface area contributed by atoms with Gasteiger partial charge >= 0.3 is 0 Å². The number of aromatic nitrogens is 4. The first-order valence-corrected chi connectivity index (χ1v) is 10.7. The molecule has 8 nitrogen and oxygen atoms in total. The zero-order chi connectivity index (χ0) is 22.8. The number of ketones is 1. The summed E-state index contributed by atoms with van der Waals surface area (Å²) in [5, 5.41) is 8.77. The molecule has 0 saturated carbocycles. The van der Waals surface area contributed by atoms with E-state index in [4.69, 9.17) is 22.0 Å². The molecule has 3 heterocycles. The standard InChI is InChI=1S/C25H22N6O2/c1-2-6-20(32)23-19(13-14-27-23)31-25-21(24(26)28-15-29-25)22(30-31)16-9-11-18(12-10-16)33-17-7-4-3-5-8-17/h1,3-5,7-12,15,19,23,27H,6,13-14H2,(H2,26,28,29). The molecule has 0 amide bonds. The monoisotopic (exact) mass is 438 g/mol. The second-order valence-electron chi connectivity index (χ2n) is 7.83. The number of nitrogens with one attached hydrogen (secondary N) is 1. The van der Waals surface area contributed by atoms with Crippen LogP contribution in [-0.2, 0) is 4.79 Å². The van der Waals surface area contributed by atoms with E-state index in [1.165, 1.54) is 6.33 Å². The summed E-state index contributed by atoms with van der Waals surface area (Å²) in [6.07, 6.45) is 7.57. The lowest BCUT2D eigenvalue weighted by molar-refractivity contribution is -0.120. The van der Waals surface area contributed by atoms with Crippen LogP contribution in [0.1, 0.15) is 18.9 Å². The third-order valence-electron chi connectivity index (χ3n) is 5.75. The molecule has 1 aliphatic heterocycles. The summed E-state index contributed by atoms with van der Waals surface area (Å²) in [7, 11) is 0. The average Bonchev–Trinajstić information content (AvgIpc) is 3.46. The zero-order valence-corrected chi connectivity index (χ0v) is 17.8.